The molecule has 1 heterocycles. The van der Waals surface area contributed by atoms with E-state index in [1.807, 2.05) is 11.2 Å². The molecular formula is C19H33ClN4OS. The molecule has 1 aromatic rings. The van der Waals surface area contributed by atoms with Gasteiger partial charge in [0.1, 0.15) is 0 Å². The fraction of sp³-hybridized carbons (Fsp3) is 0.632. The van der Waals surface area contributed by atoms with Crippen LogP contribution in [0, 0.1) is 0 Å². The van der Waals surface area contributed by atoms with Crippen LogP contribution in [0.3, 0.4) is 0 Å². The molecule has 0 radical (unpaired) electrons. The van der Waals surface area contributed by atoms with E-state index in [1.54, 1.807) is 11.8 Å². The molecular weight excluding hydrogens is 368 g/mol. The summed E-state index contributed by atoms with van der Waals surface area (Å²) in [5.74, 6) is 1.07. The second kappa shape index (κ2) is 12.6. The summed E-state index contributed by atoms with van der Waals surface area (Å²) >= 11 is 1.74. The van der Waals surface area contributed by atoms with Gasteiger partial charge in [-0.25, -0.2) is 0 Å². The van der Waals surface area contributed by atoms with Crippen molar-refractivity contribution in [1.82, 2.24) is 14.7 Å². The van der Waals surface area contributed by atoms with Gasteiger partial charge in [0, 0.05) is 45.8 Å². The third-order valence-corrected chi connectivity index (χ3v) is 5.37. The Morgan fingerprint density at radius 3 is 2.50 bits per heavy atom. The van der Waals surface area contributed by atoms with Gasteiger partial charge in [0.05, 0.1) is 6.04 Å². The van der Waals surface area contributed by atoms with Gasteiger partial charge in [-0.3, -0.25) is 9.69 Å². The van der Waals surface area contributed by atoms with Crippen molar-refractivity contribution in [2.45, 2.75) is 19.0 Å². The fourth-order valence-corrected chi connectivity index (χ4v) is 3.57. The van der Waals surface area contributed by atoms with E-state index in [1.165, 1.54) is 5.56 Å². The molecule has 0 spiro atoms. The van der Waals surface area contributed by atoms with Gasteiger partial charge in [-0.15, -0.1) is 12.4 Å². The number of thioether (sulfide) groups is 1. The van der Waals surface area contributed by atoms with Crippen LogP contribution in [0.5, 0.6) is 0 Å². The number of nitrogens with zero attached hydrogens (tertiary/aromatic N) is 3. The number of amides is 1. The minimum absolute atomic E-state index is 0. The standard InChI is InChI=1S/C19H32N4OS.ClH/c1-21(16-17-6-4-3-5-7-17)9-10-22-11-13-23(14-12-22)19(24)18(20)8-15-25-2;/h3-7,18H,8-16,20H2,1-2H3;1H/t18-;/m0./s1. The molecule has 0 aliphatic carbocycles. The monoisotopic (exact) mass is 400 g/mol. The number of carbonyl (C=O) groups is 1. The first-order valence-electron chi connectivity index (χ1n) is 9.08. The van der Waals surface area contributed by atoms with E-state index in [9.17, 15) is 4.79 Å². The van der Waals surface area contributed by atoms with Crippen molar-refractivity contribution in [2.75, 3.05) is 58.3 Å². The maximum atomic E-state index is 12.3. The Balaban J connectivity index is 0.00000338. The van der Waals surface area contributed by atoms with E-state index < -0.39 is 0 Å². The maximum absolute atomic E-state index is 12.3. The van der Waals surface area contributed by atoms with Gasteiger partial charge in [-0.05, 0) is 31.0 Å². The lowest BCUT2D eigenvalue weighted by atomic mass is 10.2. The summed E-state index contributed by atoms with van der Waals surface area (Å²) < 4.78 is 0. The fourth-order valence-electron chi connectivity index (χ4n) is 3.08. The summed E-state index contributed by atoms with van der Waals surface area (Å²) in [4.78, 5) is 19.1. The first-order valence-corrected chi connectivity index (χ1v) is 10.5. The Labute approximate surface area is 168 Å². The van der Waals surface area contributed by atoms with Crippen LogP contribution in [0.4, 0.5) is 0 Å². The van der Waals surface area contributed by atoms with Crippen LogP contribution >= 0.6 is 24.2 Å². The van der Waals surface area contributed by atoms with Crippen LogP contribution in [0.25, 0.3) is 0 Å². The molecule has 2 N–H and O–H groups in total. The van der Waals surface area contributed by atoms with Crippen molar-refractivity contribution in [3.8, 4) is 0 Å². The highest BCUT2D eigenvalue weighted by atomic mass is 35.5. The molecule has 148 valence electrons. The molecule has 2 rings (SSSR count). The molecule has 0 bridgehead atoms. The first kappa shape index (κ1) is 23.2. The number of likely N-dealkylation sites (N-methyl/N-ethyl adjacent to an activating group) is 1. The molecule has 0 saturated carbocycles. The highest BCUT2D eigenvalue weighted by Gasteiger charge is 2.24. The van der Waals surface area contributed by atoms with E-state index >= 15 is 0 Å². The molecule has 5 nitrogen and oxygen atoms in total. The topological polar surface area (TPSA) is 52.8 Å². The molecule has 7 heteroatoms. The van der Waals surface area contributed by atoms with Crippen LogP contribution in [-0.4, -0.2) is 85.0 Å². The second-order valence-electron chi connectivity index (χ2n) is 6.78. The van der Waals surface area contributed by atoms with Gasteiger partial charge >= 0.3 is 0 Å². The van der Waals surface area contributed by atoms with E-state index in [0.29, 0.717) is 0 Å². The Kier molecular flexibility index (Phi) is 11.2. The third kappa shape index (κ3) is 7.84. The van der Waals surface area contributed by atoms with Crippen LogP contribution < -0.4 is 5.73 Å². The molecule has 26 heavy (non-hydrogen) atoms. The largest absolute Gasteiger partial charge is 0.339 e. The van der Waals surface area contributed by atoms with E-state index in [4.69, 9.17) is 5.73 Å². The predicted octanol–water partition coefficient (Wildman–Crippen LogP) is 1.76. The molecule has 1 aromatic carbocycles. The zero-order valence-corrected chi connectivity index (χ0v) is 17.6. The van der Waals surface area contributed by atoms with Crippen molar-refractivity contribution >= 4 is 30.1 Å². The Hall–Kier alpha value is -0.790. The molecule has 0 aromatic heterocycles. The Morgan fingerprint density at radius 2 is 1.88 bits per heavy atom. The summed E-state index contributed by atoms with van der Waals surface area (Å²) in [6, 6.07) is 10.2. The maximum Gasteiger partial charge on any atom is 0.239 e. The van der Waals surface area contributed by atoms with Crippen LogP contribution in [-0.2, 0) is 11.3 Å². The highest BCUT2D eigenvalue weighted by Crippen LogP contribution is 2.08. The summed E-state index contributed by atoms with van der Waals surface area (Å²) in [7, 11) is 2.16. The van der Waals surface area contributed by atoms with Crippen LogP contribution in [0.1, 0.15) is 12.0 Å². The highest BCUT2D eigenvalue weighted by molar-refractivity contribution is 7.98. The number of piperazine rings is 1. The zero-order chi connectivity index (χ0) is 18.1. The number of hydrogen-bond acceptors (Lipinski definition) is 5. The molecule has 1 amide bonds. The number of benzene rings is 1. The van der Waals surface area contributed by atoms with Crippen molar-refractivity contribution in [1.29, 1.82) is 0 Å². The summed E-state index contributed by atoms with van der Waals surface area (Å²) in [5.41, 5.74) is 7.36. The summed E-state index contributed by atoms with van der Waals surface area (Å²) in [5, 5.41) is 0. The number of nitrogens with two attached hydrogens (primary N) is 1. The number of halogens is 1. The van der Waals surface area contributed by atoms with Crippen LogP contribution in [0.2, 0.25) is 0 Å². The first-order chi connectivity index (χ1) is 12.1. The summed E-state index contributed by atoms with van der Waals surface area (Å²) in [6.07, 6.45) is 2.81. The Morgan fingerprint density at radius 1 is 1.23 bits per heavy atom. The van der Waals surface area contributed by atoms with Crippen molar-refractivity contribution < 1.29 is 4.79 Å². The second-order valence-corrected chi connectivity index (χ2v) is 7.76. The van der Waals surface area contributed by atoms with E-state index in [2.05, 4.69) is 47.2 Å². The lowest BCUT2D eigenvalue weighted by Crippen LogP contribution is -2.54. The summed E-state index contributed by atoms with van der Waals surface area (Å²) in [6.45, 7) is 6.55. The van der Waals surface area contributed by atoms with Crippen molar-refractivity contribution in [3.63, 3.8) is 0 Å². The SMILES string of the molecule is CSCC[C@H](N)C(=O)N1CCN(CCN(C)Cc2ccccc2)CC1.Cl. The molecule has 1 aliphatic heterocycles. The molecule has 1 atom stereocenters. The number of carbonyl (C=O) groups excluding carboxylic acids is 1. The number of hydrogen-bond donors (Lipinski definition) is 1. The van der Waals surface area contributed by atoms with E-state index in [-0.39, 0.29) is 24.4 Å². The predicted molar refractivity (Wildman–Crippen MR) is 114 cm³/mol. The van der Waals surface area contributed by atoms with Crippen molar-refractivity contribution in [3.05, 3.63) is 35.9 Å². The van der Waals surface area contributed by atoms with Gasteiger partial charge in [-0.1, -0.05) is 30.3 Å². The molecule has 1 aliphatic rings. The smallest absolute Gasteiger partial charge is 0.239 e. The van der Waals surface area contributed by atoms with E-state index in [0.717, 1.165) is 58.0 Å². The number of rotatable bonds is 9. The minimum atomic E-state index is -0.337. The molecule has 1 fully saturated rings. The molecule has 0 unspecified atom stereocenters. The van der Waals surface area contributed by atoms with Gasteiger partial charge in [0.25, 0.3) is 0 Å². The van der Waals surface area contributed by atoms with Crippen molar-refractivity contribution in [2.24, 2.45) is 5.73 Å². The third-order valence-electron chi connectivity index (χ3n) is 4.73. The van der Waals surface area contributed by atoms with Crippen LogP contribution in [0.15, 0.2) is 30.3 Å². The molecule has 1 saturated heterocycles. The quantitative estimate of drug-likeness (QED) is 0.684. The normalized spacial score (nSPS) is 16.4. The van der Waals surface area contributed by atoms with Gasteiger partial charge in [0.15, 0.2) is 0 Å². The lowest BCUT2D eigenvalue weighted by Gasteiger charge is -2.36. The Bertz CT molecular complexity index is 512. The average Bonchev–Trinajstić information content (AvgIpc) is 2.65. The lowest BCUT2D eigenvalue weighted by molar-refractivity contribution is -0.134. The zero-order valence-electron chi connectivity index (χ0n) is 16.0. The van der Waals surface area contributed by atoms with Gasteiger partial charge in [-0.2, -0.15) is 11.8 Å². The van der Waals surface area contributed by atoms with Gasteiger partial charge < -0.3 is 15.5 Å². The average molecular weight is 401 g/mol. The van der Waals surface area contributed by atoms with Gasteiger partial charge in [0.2, 0.25) is 5.91 Å². The minimum Gasteiger partial charge on any atom is -0.339 e.